The fraction of sp³-hybridized carbons (Fsp3) is 0.917. The van der Waals surface area contributed by atoms with Crippen LogP contribution in [0.25, 0.3) is 0 Å². The van der Waals surface area contributed by atoms with E-state index in [1.807, 2.05) is 4.90 Å². The summed E-state index contributed by atoms with van der Waals surface area (Å²) in [6, 6.07) is 0.0596. The van der Waals surface area contributed by atoms with Crippen molar-refractivity contribution >= 4 is 5.91 Å². The number of ether oxygens (including phenoxy) is 1. The van der Waals surface area contributed by atoms with E-state index in [-0.39, 0.29) is 18.1 Å². The first kappa shape index (κ1) is 11.9. The van der Waals surface area contributed by atoms with Crippen LogP contribution in [0.15, 0.2) is 0 Å². The third-order valence-electron chi connectivity index (χ3n) is 3.63. The maximum atomic E-state index is 12.2. The number of carbonyl (C=O) groups is 1. The Morgan fingerprint density at radius 1 is 1.31 bits per heavy atom. The van der Waals surface area contributed by atoms with Crippen molar-refractivity contribution in [3.05, 3.63) is 0 Å². The van der Waals surface area contributed by atoms with Gasteiger partial charge >= 0.3 is 0 Å². The van der Waals surface area contributed by atoms with Gasteiger partial charge in [0.1, 0.15) is 0 Å². The average Bonchev–Trinajstić information content (AvgIpc) is 2.39. The molecule has 2 saturated heterocycles. The Morgan fingerprint density at radius 3 is 2.88 bits per heavy atom. The lowest BCUT2D eigenvalue weighted by molar-refractivity contribution is -0.137. The van der Waals surface area contributed by atoms with Crippen molar-refractivity contribution in [2.24, 2.45) is 0 Å². The standard InChI is InChI=1S/C12H22N2O2/c1-16-10-5-4-8-14(9-10)12(15)11-6-2-3-7-13-11/h10-11,13H,2-9H2,1H3/t10-,11+/m0/s1. The van der Waals surface area contributed by atoms with E-state index in [9.17, 15) is 4.79 Å². The van der Waals surface area contributed by atoms with Gasteiger partial charge in [0.05, 0.1) is 12.1 Å². The lowest BCUT2D eigenvalue weighted by Crippen LogP contribution is -2.52. The molecule has 0 unspecified atom stereocenters. The third-order valence-corrected chi connectivity index (χ3v) is 3.63. The minimum Gasteiger partial charge on any atom is -0.380 e. The van der Waals surface area contributed by atoms with Crippen molar-refractivity contribution in [1.82, 2.24) is 10.2 Å². The molecule has 0 spiro atoms. The topological polar surface area (TPSA) is 41.6 Å². The lowest BCUT2D eigenvalue weighted by atomic mass is 10.0. The molecule has 1 N–H and O–H groups in total. The van der Waals surface area contributed by atoms with Crippen LogP contribution in [0.1, 0.15) is 32.1 Å². The number of amides is 1. The van der Waals surface area contributed by atoms with Crippen molar-refractivity contribution in [2.45, 2.75) is 44.2 Å². The van der Waals surface area contributed by atoms with E-state index < -0.39 is 0 Å². The molecule has 2 heterocycles. The zero-order chi connectivity index (χ0) is 11.4. The van der Waals surface area contributed by atoms with E-state index in [0.29, 0.717) is 0 Å². The normalized spacial score (nSPS) is 31.4. The summed E-state index contributed by atoms with van der Waals surface area (Å²) in [4.78, 5) is 14.2. The molecule has 2 aliphatic rings. The second-order valence-corrected chi connectivity index (χ2v) is 4.79. The zero-order valence-corrected chi connectivity index (χ0v) is 10.1. The van der Waals surface area contributed by atoms with E-state index >= 15 is 0 Å². The predicted octanol–water partition coefficient (Wildman–Crippen LogP) is 0.766. The Balaban J connectivity index is 1.87. The minimum absolute atomic E-state index is 0.0596. The number of hydrogen-bond acceptors (Lipinski definition) is 3. The number of hydrogen-bond donors (Lipinski definition) is 1. The summed E-state index contributed by atoms with van der Waals surface area (Å²) in [5, 5.41) is 3.32. The summed E-state index contributed by atoms with van der Waals surface area (Å²) >= 11 is 0. The van der Waals surface area contributed by atoms with E-state index in [1.165, 1.54) is 12.8 Å². The fourth-order valence-corrected chi connectivity index (χ4v) is 2.61. The summed E-state index contributed by atoms with van der Waals surface area (Å²) in [5.41, 5.74) is 0. The second-order valence-electron chi connectivity index (χ2n) is 4.79. The molecule has 2 fully saturated rings. The van der Waals surface area contributed by atoms with Gasteiger partial charge in [-0.15, -0.1) is 0 Å². The van der Waals surface area contributed by atoms with Crippen molar-refractivity contribution in [1.29, 1.82) is 0 Å². The monoisotopic (exact) mass is 226 g/mol. The molecule has 2 aliphatic heterocycles. The molecule has 0 aliphatic carbocycles. The average molecular weight is 226 g/mol. The summed E-state index contributed by atoms with van der Waals surface area (Å²) < 4.78 is 5.34. The van der Waals surface area contributed by atoms with Gasteiger partial charge in [0, 0.05) is 20.2 Å². The fourth-order valence-electron chi connectivity index (χ4n) is 2.61. The highest BCUT2D eigenvalue weighted by Gasteiger charge is 2.29. The van der Waals surface area contributed by atoms with Gasteiger partial charge < -0.3 is 15.0 Å². The lowest BCUT2D eigenvalue weighted by Gasteiger charge is -2.35. The molecular weight excluding hydrogens is 204 g/mol. The predicted molar refractivity (Wildman–Crippen MR) is 62.3 cm³/mol. The van der Waals surface area contributed by atoms with Gasteiger partial charge in [-0.1, -0.05) is 6.42 Å². The van der Waals surface area contributed by atoms with Gasteiger partial charge in [-0.3, -0.25) is 4.79 Å². The molecule has 0 aromatic heterocycles. The first-order valence-corrected chi connectivity index (χ1v) is 6.36. The molecule has 92 valence electrons. The Labute approximate surface area is 97.3 Å². The first-order chi connectivity index (χ1) is 7.81. The van der Waals surface area contributed by atoms with Crippen molar-refractivity contribution in [3.8, 4) is 0 Å². The number of likely N-dealkylation sites (tertiary alicyclic amines) is 1. The number of nitrogens with one attached hydrogen (secondary N) is 1. The van der Waals surface area contributed by atoms with Crippen LogP contribution in [0, 0.1) is 0 Å². The Hall–Kier alpha value is -0.610. The number of methoxy groups -OCH3 is 1. The zero-order valence-electron chi connectivity index (χ0n) is 10.1. The molecule has 0 bridgehead atoms. The third kappa shape index (κ3) is 2.74. The largest absolute Gasteiger partial charge is 0.380 e. The van der Waals surface area contributed by atoms with Crippen LogP contribution in [0.2, 0.25) is 0 Å². The summed E-state index contributed by atoms with van der Waals surface area (Å²) in [6.45, 7) is 2.66. The molecule has 4 nitrogen and oxygen atoms in total. The maximum absolute atomic E-state index is 12.2. The van der Waals surface area contributed by atoms with E-state index in [0.717, 1.165) is 38.9 Å². The smallest absolute Gasteiger partial charge is 0.239 e. The van der Waals surface area contributed by atoms with Crippen LogP contribution in [-0.2, 0) is 9.53 Å². The molecule has 0 saturated carbocycles. The quantitative estimate of drug-likeness (QED) is 0.756. The van der Waals surface area contributed by atoms with E-state index in [1.54, 1.807) is 7.11 Å². The van der Waals surface area contributed by atoms with Crippen LogP contribution in [0.3, 0.4) is 0 Å². The number of rotatable bonds is 2. The number of piperidine rings is 2. The second kappa shape index (κ2) is 5.64. The Bertz CT molecular complexity index is 239. The molecule has 0 aromatic rings. The summed E-state index contributed by atoms with van der Waals surface area (Å²) in [6.07, 6.45) is 5.75. The van der Waals surface area contributed by atoms with Crippen LogP contribution in [0.5, 0.6) is 0 Å². The number of carbonyl (C=O) groups excluding carboxylic acids is 1. The molecule has 1 amide bonds. The highest BCUT2D eigenvalue weighted by molar-refractivity contribution is 5.82. The molecule has 2 rings (SSSR count). The molecule has 4 heteroatoms. The maximum Gasteiger partial charge on any atom is 0.239 e. The van der Waals surface area contributed by atoms with Crippen LogP contribution in [-0.4, -0.2) is 49.7 Å². The Kier molecular flexibility index (Phi) is 4.18. The first-order valence-electron chi connectivity index (χ1n) is 6.36. The Morgan fingerprint density at radius 2 is 2.19 bits per heavy atom. The highest BCUT2D eigenvalue weighted by Crippen LogP contribution is 2.16. The number of nitrogens with zero attached hydrogens (tertiary/aromatic N) is 1. The van der Waals surface area contributed by atoms with Crippen molar-refractivity contribution in [3.63, 3.8) is 0 Å². The van der Waals surface area contributed by atoms with Crippen LogP contribution < -0.4 is 5.32 Å². The van der Waals surface area contributed by atoms with Crippen molar-refractivity contribution < 1.29 is 9.53 Å². The van der Waals surface area contributed by atoms with Gasteiger partial charge in [-0.25, -0.2) is 0 Å². The van der Waals surface area contributed by atoms with Gasteiger partial charge in [-0.05, 0) is 32.2 Å². The SMILES string of the molecule is CO[C@H]1CCCN(C(=O)[C@H]2CCCCN2)C1. The van der Waals surface area contributed by atoms with Crippen LogP contribution >= 0.6 is 0 Å². The van der Waals surface area contributed by atoms with Gasteiger partial charge in [0.15, 0.2) is 0 Å². The summed E-state index contributed by atoms with van der Waals surface area (Å²) in [5.74, 6) is 0.279. The summed E-state index contributed by atoms with van der Waals surface area (Å²) in [7, 11) is 1.73. The molecule has 0 aromatic carbocycles. The van der Waals surface area contributed by atoms with Crippen LogP contribution in [0.4, 0.5) is 0 Å². The molecule has 16 heavy (non-hydrogen) atoms. The van der Waals surface area contributed by atoms with E-state index in [2.05, 4.69) is 5.32 Å². The molecule has 0 radical (unpaired) electrons. The van der Waals surface area contributed by atoms with Crippen molar-refractivity contribution in [2.75, 3.05) is 26.7 Å². The van der Waals surface area contributed by atoms with E-state index in [4.69, 9.17) is 4.74 Å². The highest BCUT2D eigenvalue weighted by atomic mass is 16.5. The van der Waals surface area contributed by atoms with Gasteiger partial charge in [0.2, 0.25) is 5.91 Å². The molecular formula is C12H22N2O2. The minimum atomic E-state index is 0.0596. The molecule has 2 atom stereocenters. The van der Waals surface area contributed by atoms with Gasteiger partial charge in [-0.2, -0.15) is 0 Å². The van der Waals surface area contributed by atoms with Gasteiger partial charge in [0.25, 0.3) is 0 Å².